The number of rotatable bonds is 4. The molecule has 4 rings (SSSR count). The maximum absolute atomic E-state index is 8.74. The summed E-state index contributed by atoms with van der Waals surface area (Å²) in [4.78, 5) is 14.8. The van der Waals surface area contributed by atoms with Gasteiger partial charge in [-0.05, 0) is 24.7 Å². The van der Waals surface area contributed by atoms with Crippen LogP contribution in [-0.4, -0.2) is 44.6 Å². The summed E-state index contributed by atoms with van der Waals surface area (Å²) >= 11 is 0. The first kappa shape index (κ1) is 15.3. The van der Waals surface area contributed by atoms with Gasteiger partial charge in [0.15, 0.2) is 5.69 Å². The van der Waals surface area contributed by atoms with Crippen molar-refractivity contribution in [3.8, 4) is 11.8 Å². The number of nitrogens with one attached hydrogen (secondary N) is 1. The molecule has 124 valence electrons. The Morgan fingerprint density at radius 1 is 1.08 bits per heavy atom. The van der Waals surface area contributed by atoms with Crippen LogP contribution >= 0.6 is 0 Å². The molecule has 0 spiro atoms. The van der Waals surface area contributed by atoms with Crippen molar-refractivity contribution in [3.63, 3.8) is 0 Å². The van der Waals surface area contributed by atoms with E-state index in [4.69, 9.17) is 5.26 Å². The molecule has 2 aromatic heterocycles. The van der Waals surface area contributed by atoms with Gasteiger partial charge in [-0.1, -0.05) is 12.1 Å². The van der Waals surface area contributed by atoms with Crippen LogP contribution in [-0.2, 0) is 0 Å². The Morgan fingerprint density at radius 2 is 1.88 bits per heavy atom. The highest BCUT2D eigenvalue weighted by atomic mass is 15.2. The smallest absolute Gasteiger partial charge is 0.158 e. The lowest BCUT2D eigenvalue weighted by Crippen LogP contribution is -2.41. The van der Waals surface area contributed by atoms with Gasteiger partial charge in [0.2, 0.25) is 0 Å². The molecule has 7 heteroatoms. The van der Waals surface area contributed by atoms with Crippen LogP contribution in [0.25, 0.3) is 5.69 Å². The molecule has 0 radical (unpaired) electrons. The maximum atomic E-state index is 8.74. The van der Waals surface area contributed by atoms with Crippen LogP contribution in [0.1, 0.15) is 17.2 Å². The highest BCUT2D eigenvalue weighted by molar-refractivity contribution is 5.51. The number of benzene rings is 1. The van der Waals surface area contributed by atoms with Crippen LogP contribution < -0.4 is 5.32 Å². The number of imidazole rings is 1. The summed E-state index contributed by atoms with van der Waals surface area (Å²) in [5.41, 5.74) is 2.73. The van der Waals surface area contributed by atoms with Gasteiger partial charge >= 0.3 is 0 Å². The predicted octanol–water partition coefficient (Wildman–Crippen LogP) is 2.31. The lowest BCUT2D eigenvalue weighted by molar-refractivity contribution is 0.190. The summed E-state index contributed by atoms with van der Waals surface area (Å²) in [5.74, 6) is 1.87. The van der Waals surface area contributed by atoms with Crippen molar-refractivity contribution in [2.75, 3.05) is 25.5 Å². The maximum Gasteiger partial charge on any atom is 0.158 e. The summed E-state index contributed by atoms with van der Waals surface area (Å²) in [5, 5.41) is 11.8. The second-order valence-corrected chi connectivity index (χ2v) is 6.20. The summed E-state index contributed by atoms with van der Waals surface area (Å²) in [7, 11) is 2.14. The number of nitrogens with zero attached hydrogens (tertiary/aromatic N) is 6. The van der Waals surface area contributed by atoms with Gasteiger partial charge in [0.25, 0.3) is 0 Å². The number of aromatic nitrogens is 4. The number of likely N-dealkylation sites (tertiary alicyclic amines) is 1. The highest BCUT2D eigenvalue weighted by Gasteiger charge is 2.24. The van der Waals surface area contributed by atoms with E-state index in [9.17, 15) is 0 Å². The van der Waals surface area contributed by atoms with Crippen molar-refractivity contribution in [1.29, 1.82) is 5.26 Å². The minimum Gasteiger partial charge on any atom is -0.322 e. The number of hydrogen-bond acceptors (Lipinski definition) is 6. The van der Waals surface area contributed by atoms with Crippen LogP contribution in [0.5, 0.6) is 0 Å². The quantitative estimate of drug-likeness (QED) is 0.790. The Kier molecular flexibility index (Phi) is 3.88. The van der Waals surface area contributed by atoms with Crippen molar-refractivity contribution in [2.24, 2.45) is 0 Å². The minimum atomic E-state index is 0.286. The van der Waals surface area contributed by atoms with E-state index in [-0.39, 0.29) is 5.69 Å². The number of anilines is 2. The third kappa shape index (κ3) is 3.20. The van der Waals surface area contributed by atoms with E-state index in [0.29, 0.717) is 17.6 Å². The highest BCUT2D eigenvalue weighted by Crippen LogP contribution is 2.26. The molecule has 0 aliphatic carbocycles. The molecule has 0 saturated carbocycles. The molecule has 0 bridgehead atoms. The second-order valence-electron chi connectivity index (χ2n) is 6.20. The molecule has 3 heterocycles. The van der Waals surface area contributed by atoms with Crippen LogP contribution in [0.15, 0.2) is 49.2 Å². The first-order chi connectivity index (χ1) is 12.2. The number of nitriles is 1. The molecule has 0 atom stereocenters. The first-order valence-corrected chi connectivity index (χ1v) is 8.03. The van der Waals surface area contributed by atoms with Gasteiger partial charge in [-0.3, -0.25) is 0 Å². The SMILES string of the molecule is CN1CC(c2ccc(-n3cnc(Nc4cnc(C#N)cn4)c3)cc2)C1. The normalized spacial score (nSPS) is 14.7. The summed E-state index contributed by atoms with van der Waals surface area (Å²) < 4.78 is 1.95. The second kappa shape index (κ2) is 6.34. The summed E-state index contributed by atoms with van der Waals surface area (Å²) in [6.45, 7) is 2.26. The molecular weight excluding hydrogens is 314 g/mol. The fourth-order valence-electron chi connectivity index (χ4n) is 2.94. The molecule has 1 N–H and O–H groups in total. The van der Waals surface area contributed by atoms with Crippen LogP contribution in [0.2, 0.25) is 0 Å². The first-order valence-electron chi connectivity index (χ1n) is 8.03. The molecule has 1 fully saturated rings. The van der Waals surface area contributed by atoms with Crippen molar-refractivity contribution >= 4 is 11.6 Å². The largest absolute Gasteiger partial charge is 0.322 e. The lowest BCUT2D eigenvalue weighted by atomic mass is 9.92. The van der Waals surface area contributed by atoms with Gasteiger partial charge in [0.05, 0.1) is 18.6 Å². The van der Waals surface area contributed by atoms with E-state index in [0.717, 1.165) is 18.8 Å². The average molecular weight is 331 g/mol. The molecular formula is C18H17N7. The van der Waals surface area contributed by atoms with Gasteiger partial charge in [0, 0.05) is 24.7 Å². The third-order valence-electron chi connectivity index (χ3n) is 4.33. The Morgan fingerprint density at radius 3 is 2.52 bits per heavy atom. The zero-order chi connectivity index (χ0) is 17.2. The van der Waals surface area contributed by atoms with Crippen LogP contribution in [0.3, 0.4) is 0 Å². The van der Waals surface area contributed by atoms with Crippen molar-refractivity contribution in [1.82, 2.24) is 24.4 Å². The zero-order valence-corrected chi connectivity index (χ0v) is 13.8. The third-order valence-corrected chi connectivity index (χ3v) is 4.33. The van der Waals surface area contributed by atoms with Gasteiger partial charge in [-0.2, -0.15) is 5.26 Å². The van der Waals surface area contributed by atoms with Crippen molar-refractivity contribution < 1.29 is 0 Å². The predicted molar refractivity (Wildman–Crippen MR) is 93.8 cm³/mol. The van der Waals surface area contributed by atoms with E-state index in [1.54, 1.807) is 6.33 Å². The number of hydrogen-bond donors (Lipinski definition) is 1. The Bertz CT molecular complexity index is 900. The fourth-order valence-corrected chi connectivity index (χ4v) is 2.94. The summed E-state index contributed by atoms with van der Waals surface area (Å²) in [6.07, 6.45) is 6.59. The van der Waals surface area contributed by atoms with E-state index < -0.39 is 0 Å². The fraction of sp³-hybridized carbons (Fsp3) is 0.222. The monoisotopic (exact) mass is 331 g/mol. The van der Waals surface area contributed by atoms with Gasteiger partial charge in [0.1, 0.15) is 24.0 Å². The minimum absolute atomic E-state index is 0.286. The Hall–Kier alpha value is -3.24. The van der Waals surface area contributed by atoms with E-state index >= 15 is 0 Å². The number of likely N-dealkylation sites (N-methyl/N-ethyl adjacent to an activating group) is 1. The van der Waals surface area contributed by atoms with E-state index in [1.165, 1.54) is 18.0 Å². The standard InChI is InChI=1S/C18H17N7/c1-24-9-14(10-24)13-2-4-16(5-3-13)25-11-18(22-12-25)23-17-8-20-15(6-19)7-21-17/h2-5,7-8,11-12,14H,9-10H2,1H3,(H,21,23). The average Bonchev–Trinajstić information content (AvgIpc) is 3.08. The Labute approximate surface area is 145 Å². The molecule has 7 nitrogen and oxygen atoms in total. The molecule has 3 aromatic rings. The van der Waals surface area contributed by atoms with Gasteiger partial charge in [-0.25, -0.2) is 15.0 Å². The molecule has 1 saturated heterocycles. The van der Waals surface area contributed by atoms with E-state index in [2.05, 4.69) is 56.5 Å². The van der Waals surface area contributed by atoms with E-state index in [1.807, 2.05) is 16.8 Å². The molecule has 0 amide bonds. The molecule has 0 unspecified atom stereocenters. The lowest BCUT2D eigenvalue weighted by Gasteiger charge is -2.36. The van der Waals surface area contributed by atoms with Gasteiger partial charge < -0.3 is 14.8 Å². The molecule has 25 heavy (non-hydrogen) atoms. The molecule has 1 aromatic carbocycles. The Balaban J connectivity index is 1.46. The molecule has 1 aliphatic heterocycles. The zero-order valence-electron chi connectivity index (χ0n) is 13.8. The van der Waals surface area contributed by atoms with Crippen LogP contribution in [0, 0.1) is 11.3 Å². The van der Waals surface area contributed by atoms with Crippen molar-refractivity contribution in [3.05, 3.63) is 60.4 Å². The van der Waals surface area contributed by atoms with Crippen LogP contribution in [0.4, 0.5) is 11.6 Å². The summed E-state index contributed by atoms with van der Waals surface area (Å²) in [6, 6.07) is 10.5. The topological polar surface area (TPSA) is 82.7 Å². The van der Waals surface area contributed by atoms with Crippen molar-refractivity contribution in [2.45, 2.75) is 5.92 Å². The van der Waals surface area contributed by atoms with Gasteiger partial charge in [-0.15, -0.1) is 0 Å². The molecule has 1 aliphatic rings.